The van der Waals surface area contributed by atoms with Crippen molar-refractivity contribution < 1.29 is 19.2 Å². The lowest BCUT2D eigenvalue weighted by molar-refractivity contribution is -0.900. The second kappa shape index (κ2) is 6.43. The van der Waals surface area contributed by atoms with Gasteiger partial charge in [0.05, 0.1) is 31.5 Å². The summed E-state index contributed by atoms with van der Waals surface area (Å²) in [6.45, 7) is 8.44. The SMILES string of the molecule is COC(=O)c1c(C)[nH]c(C(=O)C[NH+]2CCC[C@H](C)C2)c1C. The average Bonchev–Trinajstić information content (AvgIpc) is 2.73. The Morgan fingerprint density at radius 2 is 2.10 bits per heavy atom. The smallest absolute Gasteiger partial charge is 0.339 e. The summed E-state index contributed by atoms with van der Waals surface area (Å²) in [6, 6.07) is 0. The van der Waals surface area contributed by atoms with E-state index in [-0.39, 0.29) is 11.8 Å². The number of likely N-dealkylation sites (tertiary alicyclic amines) is 1. The van der Waals surface area contributed by atoms with Crippen LogP contribution < -0.4 is 4.90 Å². The van der Waals surface area contributed by atoms with Gasteiger partial charge in [-0.15, -0.1) is 0 Å². The van der Waals surface area contributed by atoms with Gasteiger partial charge in [0.2, 0.25) is 5.78 Å². The molecule has 0 aliphatic carbocycles. The van der Waals surface area contributed by atoms with E-state index in [0.717, 1.165) is 13.1 Å². The number of aromatic amines is 1. The highest BCUT2D eigenvalue weighted by Gasteiger charge is 2.27. The van der Waals surface area contributed by atoms with Crippen molar-refractivity contribution in [2.75, 3.05) is 26.7 Å². The van der Waals surface area contributed by atoms with Gasteiger partial charge in [-0.3, -0.25) is 4.79 Å². The van der Waals surface area contributed by atoms with Gasteiger partial charge < -0.3 is 14.6 Å². The fraction of sp³-hybridized carbons (Fsp3) is 0.625. The summed E-state index contributed by atoms with van der Waals surface area (Å²) in [4.78, 5) is 28.7. The van der Waals surface area contributed by atoms with Gasteiger partial charge in [-0.05, 0) is 32.3 Å². The molecule has 1 aromatic heterocycles. The third-order valence-electron chi connectivity index (χ3n) is 4.38. The van der Waals surface area contributed by atoms with E-state index in [1.807, 2.05) is 0 Å². The number of aryl methyl sites for hydroxylation is 1. The van der Waals surface area contributed by atoms with Crippen LogP contribution in [0.4, 0.5) is 0 Å². The Kier molecular flexibility index (Phi) is 4.83. The van der Waals surface area contributed by atoms with Gasteiger partial charge in [0.25, 0.3) is 0 Å². The van der Waals surface area contributed by atoms with Crippen LogP contribution in [0.3, 0.4) is 0 Å². The highest BCUT2D eigenvalue weighted by molar-refractivity contribution is 6.01. The Hall–Kier alpha value is -1.62. The summed E-state index contributed by atoms with van der Waals surface area (Å²) < 4.78 is 4.78. The van der Waals surface area contributed by atoms with E-state index in [4.69, 9.17) is 4.74 Å². The lowest BCUT2D eigenvalue weighted by atomic mass is 10.00. The summed E-state index contributed by atoms with van der Waals surface area (Å²) in [6.07, 6.45) is 2.44. The third-order valence-corrected chi connectivity index (χ3v) is 4.38. The number of hydrogen-bond donors (Lipinski definition) is 2. The molecule has 116 valence electrons. The first-order chi connectivity index (χ1) is 9.93. The van der Waals surface area contributed by atoms with Crippen LogP contribution in [0.15, 0.2) is 0 Å². The van der Waals surface area contributed by atoms with Crippen molar-refractivity contribution in [3.8, 4) is 0 Å². The van der Waals surface area contributed by atoms with Crippen LogP contribution in [0.1, 0.15) is 51.9 Å². The maximum atomic E-state index is 12.5. The van der Waals surface area contributed by atoms with Gasteiger partial charge in [-0.1, -0.05) is 6.92 Å². The van der Waals surface area contributed by atoms with E-state index < -0.39 is 0 Å². The molecule has 1 saturated heterocycles. The summed E-state index contributed by atoms with van der Waals surface area (Å²) in [5, 5.41) is 0. The number of ketones is 1. The third kappa shape index (κ3) is 3.35. The van der Waals surface area contributed by atoms with Crippen molar-refractivity contribution in [1.29, 1.82) is 0 Å². The zero-order valence-electron chi connectivity index (χ0n) is 13.3. The molecule has 2 rings (SSSR count). The maximum Gasteiger partial charge on any atom is 0.339 e. The summed E-state index contributed by atoms with van der Waals surface area (Å²) >= 11 is 0. The number of carbonyl (C=O) groups excluding carboxylic acids is 2. The Balaban J connectivity index is 2.14. The number of nitrogens with one attached hydrogen (secondary N) is 2. The van der Waals surface area contributed by atoms with E-state index in [2.05, 4.69) is 11.9 Å². The molecule has 0 amide bonds. The Labute approximate surface area is 125 Å². The molecule has 0 radical (unpaired) electrons. The largest absolute Gasteiger partial charge is 0.465 e. The topological polar surface area (TPSA) is 63.6 Å². The first-order valence-corrected chi connectivity index (χ1v) is 7.58. The molecule has 2 atom stereocenters. The van der Waals surface area contributed by atoms with Gasteiger partial charge in [-0.2, -0.15) is 0 Å². The zero-order chi connectivity index (χ0) is 15.6. The summed E-state index contributed by atoms with van der Waals surface area (Å²) in [7, 11) is 1.36. The lowest BCUT2D eigenvalue weighted by Gasteiger charge is -2.27. The minimum absolute atomic E-state index is 0.0786. The highest BCUT2D eigenvalue weighted by atomic mass is 16.5. The van der Waals surface area contributed by atoms with Crippen molar-refractivity contribution in [2.45, 2.75) is 33.6 Å². The summed E-state index contributed by atoms with van der Waals surface area (Å²) in [5.74, 6) is 0.368. The molecule has 5 nitrogen and oxygen atoms in total. The summed E-state index contributed by atoms with van der Waals surface area (Å²) in [5.41, 5.74) is 2.44. The van der Waals surface area contributed by atoms with E-state index >= 15 is 0 Å². The fourth-order valence-corrected chi connectivity index (χ4v) is 3.31. The molecule has 1 aliphatic heterocycles. The number of rotatable bonds is 4. The van der Waals surface area contributed by atoms with Gasteiger partial charge >= 0.3 is 5.97 Å². The monoisotopic (exact) mass is 293 g/mol. The van der Waals surface area contributed by atoms with Crippen molar-refractivity contribution in [3.05, 3.63) is 22.5 Å². The van der Waals surface area contributed by atoms with Crippen LogP contribution in [0.25, 0.3) is 0 Å². The minimum Gasteiger partial charge on any atom is -0.465 e. The Bertz CT molecular complexity index is 548. The number of aromatic nitrogens is 1. The number of carbonyl (C=O) groups is 2. The molecule has 0 saturated carbocycles. The van der Waals surface area contributed by atoms with Gasteiger partial charge in [0.15, 0.2) is 0 Å². The highest BCUT2D eigenvalue weighted by Crippen LogP contribution is 2.19. The van der Waals surface area contributed by atoms with Crippen LogP contribution in [0, 0.1) is 19.8 Å². The average molecular weight is 293 g/mol. The van der Waals surface area contributed by atoms with Gasteiger partial charge in [0.1, 0.15) is 6.54 Å². The van der Waals surface area contributed by atoms with Crippen molar-refractivity contribution >= 4 is 11.8 Å². The predicted molar refractivity (Wildman–Crippen MR) is 79.9 cm³/mol. The minimum atomic E-state index is -0.390. The van der Waals surface area contributed by atoms with Crippen LogP contribution in [-0.2, 0) is 4.74 Å². The second-order valence-corrected chi connectivity index (χ2v) is 6.17. The molecule has 2 heterocycles. The van der Waals surface area contributed by atoms with Crippen LogP contribution in [0.5, 0.6) is 0 Å². The molecule has 1 fully saturated rings. The van der Waals surface area contributed by atoms with Crippen LogP contribution >= 0.6 is 0 Å². The number of hydrogen-bond acceptors (Lipinski definition) is 3. The van der Waals surface area contributed by atoms with Crippen molar-refractivity contribution in [3.63, 3.8) is 0 Å². The van der Waals surface area contributed by atoms with E-state index in [1.165, 1.54) is 24.9 Å². The molecule has 0 spiro atoms. The van der Waals surface area contributed by atoms with Crippen molar-refractivity contribution in [1.82, 2.24) is 4.98 Å². The molecular formula is C16H25N2O3+. The molecule has 21 heavy (non-hydrogen) atoms. The molecular weight excluding hydrogens is 268 g/mol. The number of piperidine rings is 1. The molecule has 1 aliphatic rings. The molecule has 1 unspecified atom stereocenters. The first-order valence-electron chi connectivity index (χ1n) is 7.58. The van der Waals surface area contributed by atoms with E-state index in [9.17, 15) is 9.59 Å². The molecule has 1 aromatic rings. The number of H-pyrrole nitrogens is 1. The lowest BCUT2D eigenvalue weighted by Crippen LogP contribution is -3.14. The zero-order valence-corrected chi connectivity index (χ0v) is 13.3. The van der Waals surface area contributed by atoms with Gasteiger partial charge in [-0.25, -0.2) is 4.79 Å². The number of Topliss-reactive ketones (excluding diaryl/α,β-unsaturated/α-hetero) is 1. The standard InChI is InChI=1S/C16H24N2O3/c1-10-6-5-7-18(8-10)9-13(19)15-11(2)14(12(3)17-15)16(20)21-4/h10,17H,5-9H2,1-4H3/p+1/t10-/m0/s1. The second-order valence-electron chi connectivity index (χ2n) is 6.17. The molecule has 0 bridgehead atoms. The fourth-order valence-electron chi connectivity index (χ4n) is 3.31. The first kappa shape index (κ1) is 15.8. The quantitative estimate of drug-likeness (QED) is 0.641. The number of methoxy groups -OCH3 is 1. The Morgan fingerprint density at radius 3 is 2.71 bits per heavy atom. The molecule has 2 N–H and O–H groups in total. The van der Waals surface area contributed by atoms with E-state index in [0.29, 0.717) is 35.0 Å². The molecule has 5 heteroatoms. The Morgan fingerprint density at radius 1 is 1.38 bits per heavy atom. The number of ether oxygens (including phenoxy) is 1. The predicted octanol–water partition coefficient (Wildman–Crippen LogP) is 0.916. The van der Waals surface area contributed by atoms with Crippen molar-refractivity contribution in [2.24, 2.45) is 5.92 Å². The van der Waals surface area contributed by atoms with Gasteiger partial charge in [0, 0.05) is 11.6 Å². The van der Waals surface area contributed by atoms with Crippen LogP contribution in [-0.4, -0.2) is 43.5 Å². The molecule has 0 aromatic carbocycles. The van der Waals surface area contributed by atoms with Crippen LogP contribution in [0.2, 0.25) is 0 Å². The number of quaternary nitrogens is 1. The maximum absolute atomic E-state index is 12.5. The van der Waals surface area contributed by atoms with E-state index in [1.54, 1.807) is 13.8 Å². The normalized spacial score (nSPS) is 22.1. The number of esters is 1.